The molecule has 1 aromatic heterocycles. The highest BCUT2D eigenvalue weighted by atomic mass is 32.1. The predicted molar refractivity (Wildman–Crippen MR) is 59.2 cm³/mol. The average Bonchev–Trinajstić information content (AvgIpc) is 2.50. The average molecular weight is 198 g/mol. The number of rotatable bonds is 4. The highest BCUT2D eigenvalue weighted by molar-refractivity contribution is 7.13. The summed E-state index contributed by atoms with van der Waals surface area (Å²) in [4.78, 5) is 4.23. The van der Waals surface area contributed by atoms with Gasteiger partial charge in [0.25, 0.3) is 0 Å². The van der Waals surface area contributed by atoms with Gasteiger partial charge in [0.1, 0.15) is 0 Å². The highest BCUT2D eigenvalue weighted by Gasteiger charge is 2.17. The zero-order valence-electron chi connectivity index (χ0n) is 8.74. The Labute approximate surface area is 84.4 Å². The lowest BCUT2D eigenvalue weighted by Crippen LogP contribution is -2.30. The Morgan fingerprint density at radius 2 is 1.85 bits per heavy atom. The molecule has 0 saturated carbocycles. The van der Waals surface area contributed by atoms with Gasteiger partial charge in [-0.05, 0) is 11.8 Å². The predicted octanol–water partition coefficient (Wildman–Crippen LogP) is 3.24. The molecule has 0 fully saturated rings. The lowest BCUT2D eigenvalue weighted by molar-refractivity contribution is 0.413. The van der Waals surface area contributed by atoms with E-state index < -0.39 is 0 Å². The van der Waals surface area contributed by atoms with Gasteiger partial charge in [-0.25, -0.2) is 4.98 Å². The van der Waals surface area contributed by atoms with E-state index in [2.05, 4.69) is 38.0 Å². The lowest BCUT2D eigenvalue weighted by atomic mass is 9.94. The number of hydrogen-bond acceptors (Lipinski definition) is 3. The van der Waals surface area contributed by atoms with Gasteiger partial charge in [0.05, 0.1) is 0 Å². The fourth-order valence-corrected chi connectivity index (χ4v) is 2.12. The molecule has 1 N–H and O–H groups in total. The molecular formula is C10H18N2S. The second-order valence-electron chi connectivity index (χ2n) is 4.00. The zero-order chi connectivity index (χ0) is 9.84. The maximum absolute atomic E-state index is 4.23. The second-order valence-corrected chi connectivity index (χ2v) is 4.89. The van der Waals surface area contributed by atoms with Crippen LogP contribution >= 0.6 is 11.3 Å². The third kappa shape index (κ3) is 2.99. The molecule has 0 spiro atoms. The second kappa shape index (κ2) is 4.61. The van der Waals surface area contributed by atoms with Gasteiger partial charge in [-0.2, -0.15) is 0 Å². The number of aromatic nitrogens is 1. The van der Waals surface area contributed by atoms with Crippen molar-refractivity contribution in [2.24, 2.45) is 11.8 Å². The summed E-state index contributed by atoms with van der Waals surface area (Å²) < 4.78 is 0. The molecule has 0 radical (unpaired) electrons. The van der Waals surface area contributed by atoms with Gasteiger partial charge in [0, 0.05) is 17.6 Å². The minimum atomic E-state index is 0.520. The molecular weight excluding hydrogens is 180 g/mol. The van der Waals surface area contributed by atoms with Crippen LogP contribution in [0.2, 0.25) is 0 Å². The van der Waals surface area contributed by atoms with Crippen LogP contribution in [0.5, 0.6) is 0 Å². The number of nitrogens with zero attached hydrogens (tertiary/aromatic N) is 1. The first-order valence-corrected chi connectivity index (χ1v) is 5.65. The van der Waals surface area contributed by atoms with Crippen molar-refractivity contribution in [3.63, 3.8) is 0 Å². The topological polar surface area (TPSA) is 24.9 Å². The molecule has 0 aliphatic heterocycles. The minimum Gasteiger partial charge on any atom is -0.358 e. The van der Waals surface area contributed by atoms with Gasteiger partial charge in [-0.15, -0.1) is 11.3 Å². The van der Waals surface area contributed by atoms with Crippen molar-refractivity contribution < 1.29 is 0 Å². The van der Waals surface area contributed by atoms with E-state index in [1.807, 2.05) is 11.6 Å². The fourth-order valence-electron chi connectivity index (χ4n) is 1.54. The summed E-state index contributed by atoms with van der Waals surface area (Å²) in [5, 5.41) is 6.50. The van der Waals surface area contributed by atoms with Crippen LogP contribution in [0.25, 0.3) is 0 Å². The molecule has 0 unspecified atom stereocenters. The molecule has 13 heavy (non-hydrogen) atoms. The number of nitrogens with one attached hydrogen (secondary N) is 1. The van der Waals surface area contributed by atoms with E-state index in [1.54, 1.807) is 11.3 Å². The molecule has 2 nitrogen and oxygen atoms in total. The summed E-state index contributed by atoms with van der Waals surface area (Å²) in [6.45, 7) is 8.97. The summed E-state index contributed by atoms with van der Waals surface area (Å²) in [5.74, 6) is 1.28. The van der Waals surface area contributed by atoms with Crippen molar-refractivity contribution in [2.75, 3.05) is 5.32 Å². The molecule has 0 saturated heterocycles. The normalized spacial score (nSPS) is 11.6. The maximum Gasteiger partial charge on any atom is 0.182 e. The molecule has 1 heterocycles. The molecule has 1 rings (SSSR count). The van der Waals surface area contributed by atoms with Crippen LogP contribution in [0.1, 0.15) is 27.7 Å². The van der Waals surface area contributed by atoms with Crippen molar-refractivity contribution in [1.29, 1.82) is 0 Å². The monoisotopic (exact) mass is 198 g/mol. The van der Waals surface area contributed by atoms with E-state index in [1.165, 1.54) is 0 Å². The number of anilines is 1. The molecule has 1 aromatic rings. The first-order chi connectivity index (χ1) is 6.11. The Morgan fingerprint density at radius 3 is 2.23 bits per heavy atom. The van der Waals surface area contributed by atoms with E-state index in [9.17, 15) is 0 Å². The van der Waals surface area contributed by atoms with Crippen molar-refractivity contribution in [2.45, 2.75) is 33.7 Å². The van der Waals surface area contributed by atoms with Crippen LogP contribution in [0.3, 0.4) is 0 Å². The summed E-state index contributed by atoms with van der Waals surface area (Å²) in [5.41, 5.74) is 0. The zero-order valence-corrected chi connectivity index (χ0v) is 9.56. The van der Waals surface area contributed by atoms with Crippen LogP contribution in [-0.4, -0.2) is 11.0 Å². The van der Waals surface area contributed by atoms with E-state index >= 15 is 0 Å². The Bertz CT molecular complexity index is 221. The number of thiazole rings is 1. The van der Waals surface area contributed by atoms with E-state index in [0.717, 1.165) is 5.13 Å². The number of hydrogen-bond donors (Lipinski definition) is 1. The van der Waals surface area contributed by atoms with Crippen molar-refractivity contribution in [3.8, 4) is 0 Å². The summed E-state index contributed by atoms with van der Waals surface area (Å²) in [6, 6.07) is 0.520. The van der Waals surface area contributed by atoms with E-state index in [4.69, 9.17) is 0 Å². The Balaban J connectivity index is 2.58. The van der Waals surface area contributed by atoms with E-state index in [-0.39, 0.29) is 0 Å². The highest BCUT2D eigenvalue weighted by Crippen LogP contribution is 2.19. The van der Waals surface area contributed by atoms with Crippen LogP contribution < -0.4 is 5.32 Å². The van der Waals surface area contributed by atoms with Gasteiger partial charge in [-0.3, -0.25) is 0 Å². The van der Waals surface area contributed by atoms with Crippen LogP contribution in [0.15, 0.2) is 11.6 Å². The summed E-state index contributed by atoms with van der Waals surface area (Å²) >= 11 is 1.66. The van der Waals surface area contributed by atoms with Gasteiger partial charge in [0.2, 0.25) is 0 Å². The van der Waals surface area contributed by atoms with Crippen LogP contribution in [0, 0.1) is 11.8 Å². The van der Waals surface area contributed by atoms with Crippen molar-refractivity contribution in [3.05, 3.63) is 11.6 Å². The molecule has 0 atom stereocenters. The van der Waals surface area contributed by atoms with E-state index in [0.29, 0.717) is 17.9 Å². The third-order valence-electron chi connectivity index (χ3n) is 2.16. The third-order valence-corrected chi connectivity index (χ3v) is 2.86. The van der Waals surface area contributed by atoms with Gasteiger partial charge >= 0.3 is 0 Å². The van der Waals surface area contributed by atoms with Crippen molar-refractivity contribution in [1.82, 2.24) is 4.98 Å². The Hall–Kier alpha value is -0.570. The van der Waals surface area contributed by atoms with Gasteiger partial charge in [0.15, 0.2) is 5.13 Å². The molecule has 0 amide bonds. The molecule has 74 valence electrons. The molecule has 0 aromatic carbocycles. The standard InChI is InChI=1S/C10H18N2S/c1-7(2)9(8(3)4)12-10-11-5-6-13-10/h5-9H,1-4H3,(H,11,12). The summed E-state index contributed by atoms with van der Waals surface area (Å²) in [6.07, 6.45) is 1.84. The minimum absolute atomic E-state index is 0.520. The van der Waals surface area contributed by atoms with Crippen molar-refractivity contribution >= 4 is 16.5 Å². The summed E-state index contributed by atoms with van der Waals surface area (Å²) in [7, 11) is 0. The Kier molecular flexibility index (Phi) is 3.72. The first kappa shape index (κ1) is 10.5. The molecule has 0 aliphatic rings. The smallest absolute Gasteiger partial charge is 0.182 e. The molecule has 0 aliphatic carbocycles. The molecule has 0 bridgehead atoms. The van der Waals surface area contributed by atoms with Gasteiger partial charge in [-0.1, -0.05) is 27.7 Å². The van der Waals surface area contributed by atoms with Gasteiger partial charge < -0.3 is 5.32 Å². The largest absolute Gasteiger partial charge is 0.358 e. The van der Waals surface area contributed by atoms with Crippen LogP contribution in [-0.2, 0) is 0 Å². The molecule has 3 heteroatoms. The quantitative estimate of drug-likeness (QED) is 0.803. The Morgan fingerprint density at radius 1 is 1.23 bits per heavy atom. The maximum atomic E-state index is 4.23. The van der Waals surface area contributed by atoms with Crippen LogP contribution in [0.4, 0.5) is 5.13 Å². The fraction of sp³-hybridized carbons (Fsp3) is 0.700. The first-order valence-electron chi connectivity index (χ1n) is 4.77. The SMILES string of the molecule is CC(C)C(Nc1nccs1)C(C)C. The lowest BCUT2D eigenvalue weighted by Gasteiger charge is -2.25.